The highest BCUT2D eigenvalue weighted by Crippen LogP contribution is 2.29. The van der Waals surface area contributed by atoms with Crippen LogP contribution in [0.2, 0.25) is 0 Å². The highest BCUT2D eigenvalue weighted by Gasteiger charge is 2.30. The van der Waals surface area contributed by atoms with Gasteiger partial charge in [-0.05, 0) is 24.6 Å². The van der Waals surface area contributed by atoms with Crippen LogP contribution in [-0.4, -0.2) is 32.6 Å². The Morgan fingerprint density at radius 3 is 2.00 bits per heavy atom. The standard InChI is InChI=1S/C14H7ClO4S.C6H12O2/c15-20(18,19)8-5-6-11-12(7-8)14(17)10-4-2-1-3-9(10)13(11)16;1-3-4-5-8-6(2)7/h1-7H;3-5H2,1-2H3. The minimum absolute atomic E-state index is 0.0652. The van der Waals surface area contributed by atoms with Gasteiger partial charge in [0.05, 0.1) is 11.5 Å². The molecule has 28 heavy (non-hydrogen) atoms. The number of unbranched alkanes of at least 4 members (excludes halogenated alkanes) is 1. The first-order valence-corrected chi connectivity index (χ1v) is 10.9. The first kappa shape index (κ1) is 21.8. The van der Waals surface area contributed by atoms with Crippen molar-refractivity contribution in [2.75, 3.05) is 6.61 Å². The van der Waals surface area contributed by atoms with Crippen LogP contribution in [0.1, 0.15) is 58.5 Å². The summed E-state index contributed by atoms with van der Waals surface area (Å²) in [6.07, 6.45) is 2.05. The zero-order chi connectivity index (χ0) is 20.9. The molecule has 0 aromatic heterocycles. The molecular formula is C20H19ClO6S. The van der Waals surface area contributed by atoms with Gasteiger partial charge in [0.15, 0.2) is 11.6 Å². The fourth-order valence-corrected chi connectivity index (χ4v) is 3.37. The molecule has 0 bridgehead atoms. The molecule has 6 nitrogen and oxygen atoms in total. The molecule has 1 aliphatic rings. The SMILES string of the molecule is CCCCOC(C)=O.O=C1c2ccccc2C(=O)c2cc(S(=O)(=O)Cl)ccc21. The molecule has 0 atom stereocenters. The minimum atomic E-state index is -3.95. The predicted octanol–water partition coefficient (Wildman–Crippen LogP) is 3.74. The summed E-state index contributed by atoms with van der Waals surface area (Å²) in [5, 5.41) is 0. The molecule has 3 rings (SSSR count). The molecule has 0 radical (unpaired) electrons. The van der Waals surface area contributed by atoms with E-state index in [1.807, 2.05) is 0 Å². The van der Waals surface area contributed by atoms with Crippen molar-refractivity contribution in [1.29, 1.82) is 0 Å². The zero-order valence-corrected chi connectivity index (χ0v) is 17.0. The normalized spacial score (nSPS) is 12.4. The molecule has 2 aromatic rings. The van der Waals surface area contributed by atoms with Crippen molar-refractivity contribution in [3.63, 3.8) is 0 Å². The van der Waals surface area contributed by atoms with Crippen molar-refractivity contribution in [1.82, 2.24) is 0 Å². The first-order valence-electron chi connectivity index (χ1n) is 8.57. The molecular weight excluding hydrogens is 404 g/mol. The number of hydrogen-bond donors (Lipinski definition) is 0. The summed E-state index contributed by atoms with van der Waals surface area (Å²) in [5.41, 5.74) is 0.855. The Morgan fingerprint density at radius 2 is 1.50 bits per heavy atom. The van der Waals surface area contributed by atoms with E-state index in [2.05, 4.69) is 11.7 Å². The predicted molar refractivity (Wildman–Crippen MR) is 104 cm³/mol. The Labute approximate surface area is 167 Å². The van der Waals surface area contributed by atoms with Crippen LogP contribution in [0.5, 0.6) is 0 Å². The number of carbonyl (C=O) groups is 3. The molecule has 0 unspecified atom stereocenters. The highest BCUT2D eigenvalue weighted by atomic mass is 35.7. The van der Waals surface area contributed by atoms with Gasteiger partial charge in [-0.3, -0.25) is 14.4 Å². The van der Waals surface area contributed by atoms with Crippen LogP contribution in [0.15, 0.2) is 47.4 Å². The third-order valence-corrected chi connectivity index (χ3v) is 5.33. The van der Waals surface area contributed by atoms with E-state index < -0.39 is 9.05 Å². The summed E-state index contributed by atoms with van der Waals surface area (Å²) >= 11 is 0. The molecule has 2 aromatic carbocycles. The number of ketones is 2. The molecule has 0 N–H and O–H groups in total. The fraction of sp³-hybridized carbons (Fsp3) is 0.250. The Balaban J connectivity index is 0.000000300. The minimum Gasteiger partial charge on any atom is -0.466 e. The molecule has 8 heteroatoms. The lowest BCUT2D eigenvalue weighted by atomic mass is 9.84. The smallest absolute Gasteiger partial charge is 0.302 e. The van der Waals surface area contributed by atoms with Gasteiger partial charge in [-0.25, -0.2) is 8.42 Å². The molecule has 148 valence electrons. The van der Waals surface area contributed by atoms with E-state index in [1.54, 1.807) is 24.3 Å². The summed E-state index contributed by atoms with van der Waals surface area (Å²) in [7, 11) is 1.32. The Hall–Kier alpha value is -2.51. The molecule has 0 aliphatic heterocycles. The van der Waals surface area contributed by atoms with Crippen LogP contribution < -0.4 is 0 Å². The van der Waals surface area contributed by atoms with Gasteiger partial charge < -0.3 is 4.74 Å². The number of carbonyl (C=O) groups excluding carboxylic acids is 3. The molecule has 0 saturated carbocycles. The van der Waals surface area contributed by atoms with Gasteiger partial charge in [0, 0.05) is 39.9 Å². The lowest BCUT2D eigenvalue weighted by Crippen LogP contribution is -2.21. The van der Waals surface area contributed by atoms with Gasteiger partial charge in [-0.15, -0.1) is 0 Å². The maximum Gasteiger partial charge on any atom is 0.302 e. The van der Waals surface area contributed by atoms with E-state index >= 15 is 0 Å². The summed E-state index contributed by atoms with van der Waals surface area (Å²) in [4.78, 5) is 34.5. The van der Waals surface area contributed by atoms with Crippen LogP contribution in [0, 0.1) is 0 Å². The first-order chi connectivity index (χ1) is 13.2. The third-order valence-electron chi connectivity index (χ3n) is 3.98. The largest absolute Gasteiger partial charge is 0.466 e. The fourth-order valence-electron chi connectivity index (χ4n) is 2.59. The van der Waals surface area contributed by atoms with Gasteiger partial charge in [0.25, 0.3) is 9.05 Å². The van der Waals surface area contributed by atoms with Crippen LogP contribution >= 0.6 is 10.7 Å². The van der Waals surface area contributed by atoms with Crippen molar-refractivity contribution in [2.45, 2.75) is 31.6 Å². The van der Waals surface area contributed by atoms with Crippen LogP contribution in [-0.2, 0) is 18.6 Å². The molecule has 0 amide bonds. The summed E-state index contributed by atoms with van der Waals surface area (Å²) in [6.45, 7) is 4.06. The molecule has 0 fully saturated rings. The molecule has 0 heterocycles. The van der Waals surface area contributed by atoms with E-state index in [9.17, 15) is 22.8 Å². The van der Waals surface area contributed by atoms with E-state index in [4.69, 9.17) is 10.7 Å². The second-order valence-corrected chi connectivity index (χ2v) is 8.61. The van der Waals surface area contributed by atoms with E-state index in [-0.39, 0.29) is 39.1 Å². The second kappa shape index (κ2) is 9.12. The summed E-state index contributed by atoms with van der Waals surface area (Å²) < 4.78 is 27.3. The van der Waals surface area contributed by atoms with E-state index in [0.29, 0.717) is 12.2 Å². The topological polar surface area (TPSA) is 94.6 Å². The van der Waals surface area contributed by atoms with Crippen molar-refractivity contribution in [2.24, 2.45) is 0 Å². The van der Waals surface area contributed by atoms with Gasteiger partial charge in [-0.1, -0.05) is 37.6 Å². The van der Waals surface area contributed by atoms with E-state index in [1.165, 1.54) is 19.1 Å². The number of esters is 1. The lowest BCUT2D eigenvalue weighted by molar-refractivity contribution is -0.141. The van der Waals surface area contributed by atoms with Gasteiger partial charge in [0.2, 0.25) is 0 Å². The number of fused-ring (bicyclic) bond motifs is 2. The summed E-state index contributed by atoms with van der Waals surface area (Å²) in [6, 6.07) is 10.1. The number of rotatable bonds is 4. The number of ether oxygens (including phenoxy) is 1. The van der Waals surface area contributed by atoms with Gasteiger partial charge in [-0.2, -0.15) is 0 Å². The van der Waals surface area contributed by atoms with Gasteiger partial charge in [0.1, 0.15) is 0 Å². The maximum atomic E-state index is 12.3. The Bertz CT molecular complexity index is 1030. The van der Waals surface area contributed by atoms with Crippen LogP contribution in [0.3, 0.4) is 0 Å². The average molecular weight is 423 g/mol. The number of halogens is 1. The molecule has 0 saturated heterocycles. The van der Waals surface area contributed by atoms with Crippen molar-refractivity contribution in [3.8, 4) is 0 Å². The van der Waals surface area contributed by atoms with Crippen molar-refractivity contribution in [3.05, 3.63) is 64.7 Å². The zero-order valence-electron chi connectivity index (χ0n) is 15.4. The monoisotopic (exact) mass is 422 g/mol. The maximum absolute atomic E-state index is 12.3. The molecule has 0 spiro atoms. The molecule has 1 aliphatic carbocycles. The van der Waals surface area contributed by atoms with Crippen LogP contribution in [0.4, 0.5) is 0 Å². The number of hydrogen-bond acceptors (Lipinski definition) is 6. The Kier molecular flexibility index (Phi) is 7.10. The van der Waals surface area contributed by atoms with Crippen molar-refractivity contribution < 1.29 is 27.5 Å². The summed E-state index contributed by atoms with van der Waals surface area (Å²) in [5.74, 6) is -0.857. The van der Waals surface area contributed by atoms with Crippen molar-refractivity contribution >= 4 is 37.3 Å². The average Bonchev–Trinajstić information content (AvgIpc) is 2.65. The van der Waals surface area contributed by atoms with Gasteiger partial charge >= 0.3 is 5.97 Å². The third kappa shape index (κ3) is 5.05. The number of benzene rings is 2. The van der Waals surface area contributed by atoms with Crippen LogP contribution in [0.25, 0.3) is 0 Å². The quantitative estimate of drug-likeness (QED) is 0.361. The highest BCUT2D eigenvalue weighted by molar-refractivity contribution is 8.13. The lowest BCUT2D eigenvalue weighted by Gasteiger charge is -2.17. The van der Waals surface area contributed by atoms with E-state index in [0.717, 1.165) is 18.9 Å². The Morgan fingerprint density at radius 1 is 0.964 bits per heavy atom. The second-order valence-electron chi connectivity index (χ2n) is 6.04.